The maximum Gasteiger partial charge on any atom is 0.303 e. The summed E-state index contributed by atoms with van der Waals surface area (Å²) in [5, 5.41) is 21.7. The standard InChI is InChI=1S/C16H19BrN2O2/c17-13-4-5-14(12(8-13)10-18)19-11-16(9-15(20)21)6-2-1-3-7-16/h4-5,8,19H,1-3,6-7,9,11H2,(H,20,21). The highest BCUT2D eigenvalue weighted by atomic mass is 79.9. The SMILES string of the molecule is N#Cc1cc(Br)ccc1NCC1(CC(=O)O)CCCCC1. The van der Waals surface area contributed by atoms with Crippen LogP contribution in [0.1, 0.15) is 44.1 Å². The van der Waals surface area contributed by atoms with Crippen LogP contribution in [0.15, 0.2) is 22.7 Å². The van der Waals surface area contributed by atoms with Crippen molar-refractivity contribution in [3.8, 4) is 6.07 Å². The molecule has 0 atom stereocenters. The number of hydrogen-bond acceptors (Lipinski definition) is 3. The number of halogens is 1. The van der Waals surface area contributed by atoms with Gasteiger partial charge in [0.25, 0.3) is 0 Å². The van der Waals surface area contributed by atoms with Crippen LogP contribution in [0.25, 0.3) is 0 Å². The number of carboxylic acids is 1. The molecular formula is C16H19BrN2O2. The molecule has 21 heavy (non-hydrogen) atoms. The first kappa shape index (κ1) is 15.8. The molecule has 0 bridgehead atoms. The average molecular weight is 351 g/mol. The lowest BCUT2D eigenvalue weighted by Crippen LogP contribution is -2.34. The highest BCUT2D eigenvalue weighted by Crippen LogP contribution is 2.39. The lowest BCUT2D eigenvalue weighted by atomic mass is 9.71. The number of nitrogens with zero attached hydrogens (tertiary/aromatic N) is 1. The van der Waals surface area contributed by atoms with Crippen LogP contribution in [0.2, 0.25) is 0 Å². The second-order valence-electron chi connectivity index (χ2n) is 5.79. The van der Waals surface area contributed by atoms with Crippen molar-refractivity contribution >= 4 is 27.6 Å². The van der Waals surface area contributed by atoms with Gasteiger partial charge in [0.1, 0.15) is 6.07 Å². The van der Waals surface area contributed by atoms with E-state index in [0.717, 1.165) is 35.8 Å². The molecule has 0 spiro atoms. The molecule has 4 nitrogen and oxygen atoms in total. The molecule has 0 aromatic heterocycles. The molecule has 0 aliphatic heterocycles. The second kappa shape index (κ2) is 6.95. The topological polar surface area (TPSA) is 73.1 Å². The van der Waals surface area contributed by atoms with E-state index in [4.69, 9.17) is 0 Å². The highest BCUT2D eigenvalue weighted by Gasteiger charge is 2.34. The molecule has 1 saturated carbocycles. The van der Waals surface area contributed by atoms with Gasteiger partial charge in [-0.1, -0.05) is 35.2 Å². The summed E-state index contributed by atoms with van der Waals surface area (Å²) in [6.45, 7) is 0.607. The fourth-order valence-electron chi connectivity index (χ4n) is 3.08. The third-order valence-corrected chi connectivity index (χ3v) is 4.69. The number of benzene rings is 1. The summed E-state index contributed by atoms with van der Waals surface area (Å²) in [5.74, 6) is -0.741. The van der Waals surface area contributed by atoms with Gasteiger partial charge in [-0.15, -0.1) is 0 Å². The number of nitriles is 1. The zero-order chi connectivity index (χ0) is 15.3. The molecule has 0 amide bonds. The molecule has 0 heterocycles. The molecule has 1 fully saturated rings. The van der Waals surface area contributed by atoms with Gasteiger partial charge >= 0.3 is 5.97 Å². The summed E-state index contributed by atoms with van der Waals surface area (Å²) in [5.41, 5.74) is 1.16. The van der Waals surface area contributed by atoms with E-state index in [9.17, 15) is 15.2 Å². The number of anilines is 1. The van der Waals surface area contributed by atoms with Crippen LogP contribution in [0.4, 0.5) is 5.69 Å². The van der Waals surface area contributed by atoms with Crippen molar-refractivity contribution < 1.29 is 9.90 Å². The molecule has 5 heteroatoms. The summed E-state index contributed by atoms with van der Waals surface area (Å²) >= 11 is 3.35. The average Bonchev–Trinajstić information content (AvgIpc) is 2.46. The van der Waals surface area contributed by atoms with Crippen molar-refractivity contribution in [3.63, 3.8) is 0 Å². The minimum atomic E-state index is -0.741. The Morgan fingerprint density at radius 1 is 1.38 bits per heavy atom. The minimum Gasteiger partial charge on any atom is -0.481 e. The van der Waals surface area contributed by atoms with E-state index in [0.29, 0.717) is 12.1 Å². The van der Waals surface area contributed by atoms with Gasteiger partial charge in [0.15, 0.2) is 0 Å². The predicted molar refractivity (Wildman–Crippen MR) is 85.1 cm³/mol. The van der Waals surface area contributed by atoms with E-state index < -0.39 is 5.97 Å². The molecule has 2 N–H and O–H groups in total. The molecule has 0 unspecified atom stereocenters. The Morgan fingerprint density at radius 3 is 2.71 bits per heavy atom. The minimum absolute atomic E-state index is 0.191. The van der Waals surface area contributed by atoms with Crippen molar-refractivity contribution in [2.45, 2.75) is 38.5 Å². The maximum absolute atomic E-state index is 11.2. The van der Waals surface area contributed by atoms with Crippen LogP contribution in [0.3, 0.4) is 0 Å². The largest absolute Gasteiger partial charge is 0.481 e. The van der Waals surface area contributed by atoms with Gasteiger partial charge in [0.05, 0.1) is 17.7 Å². The number of aliphatic carboxylic acids is 1. The van der Waals surface area contributed by atoms with Crippen LogP contribution in [0.5, 0.6) is 0 Å². The Kier molecular flexibility index (Phi) is 5.24. The molecule has 1 aliphatic rings. The predicted octanol–water partition coefficient (Wildman–Crippen LogP) is 4.16. The molecule has 1 aromatic carbocycles. The Bertz CT molecular complexity index is 560. The first-order chi connectivity index (χ1) is 10.0. The smallest absolute Gasteiger partial charge is 0.303 e. The van der Waals surface area contributed by atoms with Gasteiger partial charge in [-0.25, -0.2) is 0 Å². The van der Waals surface area contributed by atoms with Gasteiger partial charge in [-0.2, -0.15) is 5.26 Å². The van der Waals surface area contributed by atoms with Crippen molar-refractivity contribution in [3.05, 3.63) is 28.2 Å². The van der Waals surface area contributed by atoms with Gasteiger partial charge in [0.2, 0.25) is 0 Å². The third-order valence-electron chi connectivity index (χ3n) is 4.20. The highest BCUT2D eigenvalue weighted by molar-refractivity contribution is 9.10. The van der Waals surface area contributed by atoms with Crippen LogP contribution in [0, 0.1) is 16.7 Å². The van der Waals surface area contributed by atoms with Crippen molar-refractivity contribution in [2.75, 3.05) is 11.9 Å². The van der Waals surface area contributed by atoms with Crippen LogP contribution < -0.4 is 5.32 Å². The molecular weight excluding hydrogens is 332 g/mol. The number of carbonyl (C=O) groups is 1. The number of nitrogens with one attached hydrogen (secondary N) is 1. The lowest BCUT2D eigenvalue weighted by molar-refractivity contribution is -0.140. The van der Waals surface area contributed by atoms with Crippen LogP contribution in [-0.4, -0.2) is 17.6 Å². The summed E-state index contributed by atoms with van der Waals surface area (Å²) in [6.07, 6.45) is 5.41. The lowest BCUT2D eigenvalue weighted by Gasteiger charge is -2.36. The first-order valence-corrected chi connectivity index (χ1v) is 7.99. The fourth-order valence-corrected chi connectivity index (χ4v) is 3.45. The normalized spacial score (nSPS) is 17.0. The van der Waals surface area contributed by atoms with Crippen molar-refractivity contribution in [1.29, 1.82) is 5.26 Å². The van der Waals surface area contributed by atoms with E-state index in [-0.39, 0.29) is 11.8 Å². The fraction of sp³-hybridized carbons (Fsp3) is 0.500. The van der Waals surface area contributed by atoms with E-state index in [1.165, 1.54) is 6.42 Å². The monoisotopic (exact) mass is 350 g/mol. The Labute approximate surface area is 133 Å². The summed E-state index contributed by atoms with van der Waals surface area (Å²) in [4.78, 5) is 11.2. The maximum atomic E-state index is 11.2. The number of hydrogen-bond donors (Lipinski definition) is 2. The molecule has 2 rings (SSSR count). The molecule has 0 radical (unpaired) electrons. The Balaban J connectivity index is 2.12. The van der Waals surface area contributed by atoms with Gasteiger partial charge in [-0.05, 0) is 36.5 Å². The van der Waals surface area contributed by atoms with Crippen molar-refractivity contribution in [1.82, 2.24) is 0 Å². The summed E-state index contributed by atoms with van der Waals surface area (Å²) < 4.78 is 0.863. The van der Waals surface area contributed by atoms with E-state index in [2.05, 4.69) is 27.3 Å². The van der Waals surface area contributed by atoms with E-state index >= 15 is 0 Å². The first-order valence-electron chi connectivity index (χ1n) is 7.20. The number of rotatable bonds is 5. The van der Waals surface area contributed by atoms with Gasteiger partial charge < -0.3 is 10.4 Å². The van der Waals surface area contributed by atoms with Crippen LogP contribution in [-0.2, 0) is 4.79 Å². The summed E-state index contributed by atoms with van der Waals surface area (Å²) in [7, 11) is 0. The Hall–Kier alpha value is -1.54. The van der Waals surface area contributed by atoms with E-state index in [1.807, 2.05) is 12.1 Å². The van der Waals surface area contributed by atoms with Gasteiger partial charge in [-0.3, -0.25) is 4.79 Å². The molecule has 1 aromatic rings. The molecule has 112 valence electrons. The molecule has 1 aliphatic carbocycles. The second-order valence-corrected chi connectivity index (χ2v) is 6.70. The van der Waals surface area contributed by atoms with E-state index in [1.54, 1.807) is 6.07 Å². The third kappa shape index (κ3) is 4.21. The van der Waals surface area contributed by atoms with Crippen LogP contribution >= 0.6 is 15.9 Å². The zero-order valence-electron chi connectivity index (χ0n) is 11.9. The van der Waals surface area contributed by atoms with Crippen molar-refractivity contribution in [2.24, 2.45) is 5.41 Å². The number of carboxylic acid groups (broad SMARTS) is 1. The summed E-state index contributed by atoms with van der Waals surface area (Å²) in [6, 6.07) is 7.68. The Morgan fingerprint density at radius 2 is 2.10 bits per heavy atom. The quantitative estimate of drug-likeness (QED) is 0.836. The zero-order valence-corrected chi connectivity index (χ0v) is 13.4. The molecule has 0 saturated heterocycles. The van der Waals surface area contributed by atoms with Gasteiger partial charge in [0, 0.05) is 11.0 Å².